The minimum atomic E-state index is -1.55. The minimum absolute atomic E-state index is 0.0222. The van der Waals surface area contributed by atoms with Gasteiger partial charge in [0.1, 0.15) is 6.29 Å². The summed E-state index contributed by atoms with van der Waals surface area (Å²) in [7, 11) is 1.20. The Morgan fingerprint density at radius 3 is 2.60 bits per heavy atom. The van der Waals surface area contributed by atoms with Gasteiger partial charge in [-0.25, -0.2) is 0 Å². The minimum Gasteiger partial charge on any atom is -0.468 e. The monoisotopic (exact) mass is 269 g/mol. The normalized spacial score (nSPS) is 14.2. The van der Waals surface area contributed by atoms with Crippen LogP contribution in [0.5, 0.6) is 0 Å². The van der Waals surface area contributed by atoms with Gasteiger partial charge in [0.2, 0.25) is 0 Å². The third-order valence-electron chi connectivity index (χ3n) is 3.26. The summed E-state index contributed by atoms with van der Waals surface area (Å²) in [5.41, 5.74) is -0.840. The number of ether oxygens (including phenoxy) is 1. The lowest BCUT2D eigenvalue weighted by Gasteiger charge is -2.30. The number of esters is 1. The van der Waals surface area contributed by atoms with Crippen LogP contribution >= 0.6 is 0 Å². The van der Waals surface area contributed by atoms with Crippen molar-refractivity contribution in [2.75, 3.05) is 7.11 Å². The van der Waals surface area contributed by atoms with Gasteiger partial charge in [-0.05, 0) is 5.56 Å². The van der Waals surface area contributed by atoms with Crippen molar-refractivity contribution in [2.45, 2.75) is 18.8 Å². The standard InChI is InChI=1S/C16H15NO3/c1-3-10-16(12-17,15(19)20-2)14(9-11-18)13-7-5-4-6-8-13/h1,4-8,11,14H,9-10H2,2H3/t14-,16+/m0/s1. The average Bonchev–Trinajstić information content (AvgIpc) is 2.51. The van der Waals surface area contributed by atoms with E-state index >= 15 is 0 Å². The van der Waals surface area contributed by atoms with Crippen LogP contribution in [0.25, 0.3) is 0 Å². The molecule has 4 heteroatoms. The molecule has 2 atom stereocenters. The molecular formula is C16H15NO3. The van der Waals surface area contributed by atoms with E-state index in [-0.39, 0.29) is 12.8 Å². The maximum atomic E-state index is 12.1. The van der Waals surface area contributed by atoms with Gasteiger partial charge in [0.25, 0.3) is 0 Å². The molecule has 0 amide bonds. The maximum absolute atomic E-state index is 12.1. The summed E-state index contributed by atoms with van der Waals surface area (Å²) in [5.74, 6) is 1.00. The average molecular weight is 269 g/mol. The molecule has 0 spiro atoms. The molecule has 1 aromatic carbocycles. The summed E-state index contributed by atoms with van der Waals surface area (Å²) in [5, 5.41) is 9.51. The predicted molar refractivity (Wildman–Crippen MR) is 73.4 cm³/mol. The van der Waals surface area contributed by atoms with Gasteiger partial charge in [-0.15, -0.1) is 12.3 Å². The Kier molecular flexibility index (Phi) is 5.50. The molecule has 0 aliphatic carbocycles. The Balaban J connectivity index is 3.40. The van der Waals surface area contributed by atoms with E-state index in [0.29, 0.717) is 11.8 Å². The number of carbonyl (C=O) groups is 2. The molecule has 0 saturated carbocycles. The van der Waals surface area contributed by atoms with Gasteiger partial charge in [0.15, 0.2) is 5.41 Å². The van der Waals surface area contributed by atoms with Crippen molar-refractivity contribution in [3.63, 3.8) is 0 Å². The van der Waals surface area contributed by atoms with Crippen LogP contribution in [-0.2, 0) is 14.3 Å². The number of carbonyl (C=O) groups excluding carboxylic acids is 2. The second-order valence-electron chi connectivity index (χ2n) is 4.32. The molecule has 1 aromatic rings. The zero-order valence-corrected chi connectivity index (χ0v) is 11.2. The van der Waals surface area contributed by atoms with Gasteiger partial charge in [0.05, 0.1) is 13.2 Å². The van der Waals surface area contributed by atoms with Gasteiger partial charge in [-0.1, -0.05) is 30.3 Å². The molecule has 0 aliphatic heterocycles. The number of terminal acetylenes is 1. The Labute approximate surface area is 118 Å². The summed E-state index contributed by atoms with van der Waals surface area (Å²) in [6, 6.07) is 10.9. The molecule has 0 aromatic heterocycles. The zero-order valence-electron chi connectivity index (χ0n) is 11.2. The molecule has 20 heavy (non-hydrogen) atoms. The van der Waals surface area contributed by atoms with Crippen LogP contribution in [0.3, 0.4) is 0 Å². The lowest BCUT2D eigenvalue weighted by molar-refractivity contribution is -0.150. The van der Waals surface area contributed by atoms with Gasteiger partial charge in [-0.2, -0.15) is 5.26 Å². The van der Waals surface area contributed by atoms with Crippen molar-refractivity contribution in [2.24, 2.45) is 5.41 Å². The van der Waals surface area contributed by atoms with E-state index in [2.05, 4.69) is 5.92 Å². The van der Waals surface area contributed by atoms with E-state index in [1.165, 1.54) is 7.11 Å². The largest absolute Gasteiger partial charge is 0.468 e. The SMILES string of the molecule is C#CC[C@](C#N)(C(=O)OC)[C@@H](CC=O)c1ccccc1. The van der Waals surface area contributed by atoms with E-state index in [9.17, 15) is 14.9 Å². The predicted octanol–water partition coefficient (Wildman–Crippen LogP) is 2.07. The number of nitrogens with zero attached hydrogens (tertiary/aromatic N) is 1. The quantitative estimate of drug-likeness (QED) is 0.450. The third-order valence-corrected chi connectivity index (χ3v) is 3.26. The highest BCUT2D eigenvalue weighted by atomic mass is 16.5. The Morgan fingerprint density at radius 2 is 2.15 bits per heavy atom. The number of hydrogen-bond acceptors (Lipinski definition) is 4. The van der Waals surface area contributed by atoms with E-state index < -0.39 is 17.3 Å². The molecule has 1 rings (SSSR count). The summed E-state index contributed by atoms with van der Waals surface area (Å²) in [6.07, 6.45) is 5.90. The van der Waals surface area contributed by atoms with Crippen LogP contribution in [0, 0.1) is 29.1 Å². The van der Waals surface area contributed by atoms with Gasteiger partial charge >= 0.3 is 5.97 Å². The van der Waals surface area contributed by atoms with E-state index in [1.807, 2.05) is 12.1 Å². The highest BCUT2D eigenvalue weighted by Gasteiger charge is 2.47. The fourth-order valence-electron chi connectivity index (χ4n) is 2.25. The zero-order chi connectivity index (χ0) is 15.0. The van der Waals surface area contributed by atoms with E-state index in [1.54, 1.807) is 24.3 Å². The molecule has 0 bridgehead atoms. The second-order valence-corrected chi connectivity index (χ2v) is 4.32. The van der Waals surface area contributed by atoms with Crippen LogP contribution in [0.4, 0.5) is 0 Å². The molecule has 0 radical (unpaired) electrons. The molecule has 0 aliphatic rings. The van der Waals surface area contributed by atoms with Crippen LogP contribution in [-0.4, -0.2) is 19.4 Å². The lowest BCUT2D eigenvalue weighted by atomic mass is 9.69. The molecule has 0 fully saturated rings. The van der Waals surface area contributed by atoms with Gasteiger partial charge < -0.3 is 9.53 Å². The Hall–Kier alpha value is -2.59. The molecule has 0 unspecified atom stereocenters. The van der Waals surface area contributed by atoms with Crippen molar-refractivity contribution in [1.29, 1.82) is 5.26 Å². The number of rotatable bonds is 6. The molecule has 0 heterocycles. The first-order chi connectivity index (χ1) is 9.66. The van der Waals surface area contributed by atoms with E-state index in [0.717, 1.165) is 0 Å². The molecule has 4 nitrogen and oxygen atoms in total. The van der Waals surface area contributed by atoms with Crippen LogP contribution in [0.1, 0.15) is 24.3 Å². The summed E-state index contributed by atoms with van der Waals surface area (Å²) in [4.78, 5) is 23.0. The van der Waals surface area contributed by atoms with Crippen molar-refractivity contribution in [1.82, 2.24) is 0 Å². The number of benzene rings is 1. The van der Waals surface area contributed by atoms with Crippen LogP contribution < -0.4 is 0 Å². The van der Waals surface area contributed by atoms with Crippen molar-refractivity contribution >= 4 is 12.3 Å². The summed E-state index contributed by atoms with van der Waals surface area (Å²) in [6.45, 7) is 0. The van der Waals surface area contributed by atoms with Crippen LogP contribution in [0.15, 0.2) is 30.3 Å². The highest BCUT2D eigenvalue weighted by Crippen LogP contribution is 2.41. The highest BCUT2D eigenvalue weighted by molar-refractivity contribution is 5.82. The number of nitriles is 1. The first kappa shape index (κ1) is 15.5. The fourth-order valence-corrected chi connectivity index (χ4v) is 2.25. The molecule has 0 N–H and O–H groups in total. The molecule has 102 valence electrons. The Bertz CT molecular complexity index is 553. The van der Waals surface area contributed by atoms with E-state index in [4.69, 9.17) is 11.2 Å². The Morgan fingerprint density at radius 1 is 1.50 bits per heavy atom. The van der Waals surface area contributed by atoms with Gasteiger partial charge in [-0.3, -0.25) is 4.79 Å². The first-order valence-electron chi connectivity index (χ1n) is 6.08. The first-order valence-corrected chi connectivity index (χ1v) is 6.08. The number of aldehydes is 1. The topological polar surface area (TPSA) is 67.2 Å². The summed E-state index contributed by atoms with van der Waals surface area (Å²) >= 11 is 0. The number of methoxy groups -OCH3 is 1. The third kappa shape index (κ3) is 2.87. The number of hydrogen-bond donors (Lipinski definition) is 0. The van der Waals surface area contributed by atoms with Crippen LogP contribution in [0.2, 0.25) is 0 Å². The van der Waals surface area contributed by atoms with Crippen molar-refractivity contribution < 1.29 is 14.3 Å². The summed E-state index contributed by atoms with van der Waals surface area (Å²) < 4.78 is 4.74. The smallest absolute Gasteiger partial charge is 0.327 e. The van der Waals surface area contributed by atoms with Gasteiger partial charge in [0, 0.05) is 18.8 Å². The van der Waals surface area contributed by atoms with Crippen molar-refractivity contribution in [3.8, 4) is 18.4 Å². The fraction of sp³-hybridized carbons (Fsp3) is 0.312. The lowest BCUT2D eigenvalue weighted by Crippen LogP contribution is -2.37. The molecule has 0 saturated heterocycles. The molecular weight excluding hydrogens is 254 g/mol. The van der Waals surface area contributed by atoms with Crippen molar-refractivity contribution in [3.05, 3.63) is 35.9 Å². The maximum Gasteiger partial charge on any atom is 0.327 e. The second kappa shape index (κ2) is 7.11.